The van der Waals surface area contributed by atoms with Gasteiger partial charge in [-0.05, 0) is 48.6 Å². The van der Waals surface area contributed by atoms with Crippen LogP contribution >= 0.6 is 11.6 Å². The van der Waals surface area contributed by atoms with E-state index in [4.69, 9.17) is 11.6 Å². The summed E-state index contributed by atoms with van der Waals surface area (Å²) in [7, 11) is 0. The van der Waals surface area contributed by atoms with Crippen LogP contribution in [0.2, 0.25) is 5.02 Å². The monoisotopic (exact) mass is 480 g/mol. The van der Waals surface area contributed by atoms with Crippen LogP contribution in [-0.2, 0) is 16.1 Å². The number of carbonyl (C=O) groups excluding carboxylic acids is 3. The van der Waals surface area contributed by atoms with E-state index in [9.17, 15) is 14.4 Å². The lowest BCUT2D eigenvalue weighted by molar-refractivity contribution is -0.134. The van der Waals surface area contributed by atoms with Crippen molar-refractivity contribution in [3.63, 3.8) is 0 Å². The molecule has 5 rings (SSSR count). The fourth-order valence-corrected chi connectivity index (χ4v) is 5.06. The van der Waals surface area contributed by atoms with Crippen molar-refractivity contribution < 1.29 is 14.4 Å². The number of hydrogen-bond donors (Lipinski definition) is 1. The van der Waals surface area contributed by atoms with Crippen LogP contribution < -0.4 is 5.32 Å². The SMILES string of the molecule is O=C(NCC(=O)N1CCCN(Cc2ccc(Cl)cc2)CC1)C1c2ccccc2C(=O)N1C1CC1. The summed E-state index contributed by atoms with van der Waals surface area (Å²) in [6.45, 7) is 3.76. The predicted molar refractivity (Wildman–Crippen MR) is 129 cm³/mol. The summed E-state index contributed by atoms with van der Waals surface area (Å²) in [5.41, 5.74) is 2.52. The average Bonchev–Trinajstić information content (AvgIpc) is 3.66. The van der Waals surface area contributed by atoms with Gasteiger partial charge in [-0.2, -0.15) is 0 Å². The van der Waals surface area contributed by atoms with E-state index in [1.165, 1.54) is 5.56 Å². The van der Waals surface area contributed by atoms with Crippen LogP contribution in [0.4, 0.5) is 0 Å². The van der Waals surface area contributed by atoms with Gasteiger partial charge < -0.3 is 15.1 Å². The molecule has 0 bridgehead atoms. The lowest BCUT2D eigenvalue weighted by Gasteiger charge is -2.25. The number of hydrogen-bond acceptors (Lipinski definition) is 4. The highest BCUT2D eigenvalue weighted by molar-refractivity contribution is 6.30. The lowest BCUT2D eigenvalue weighted by Crippen LogP contribution is -2.45. The molecule has 1 saturated heterocycles. The van der Waals surface area contributed by atoms with Crippen molar-refractivity contribution in [2.24, 2.45) is 0 Å². The summed E-state index contributed by atoms with van der Waals surface area (Å²) in [5.74, 6) is -0.451. The molecule has 2 fully saturated rings. The minimum atomic E-state index is -0.650. The van der Waals surface area contributed by atoms with Gasteiger partial charge in [0.1, 0.15) is 6.04 Å². The second-order valence-electron chi connectivity index (χ2n) is 9.29. The van der Waals surface area contributed by atoms with Crippen molar-refractivity contribution in [2.45, 2.75) is 37.9 Å². The van der Waals surface area contributed by atoms with Crippen LogP contribution in [0.3, 0.4) is 0 Å². The van der Waals surface area contributed by atoms with E-state index < -0.39 is 6.04 Å². The number of nitrogens with one attached hydrogen (secondary N) is 1. The first-order valence-corrected chi connectivity index (χ1v) is 12.3. The molecule has 1 aliphatic carbocycles. The van der Waals surface area contributed by atoms with Gasteiger partial charge in [-0.15, -0.1) is 0 Å². The van der Waals surface area contributed by atoms with Gasteiger partial charge in [0.25, 0.3) is 5.91 Å². The first-order chi connectivity index (χ1) is 16.5. The van der Waals surface area contributed by atoms with Gasteiger partial charge in [0.15, 0.2) is 0 Å². The molecule has 0 aromatic heterocycles. The Morgan fingerprint density at radius 1 is 0.971 bits per heavy atom. The first kappa shape index (κ1) is 22.9. The minimum Gasteiger partial charge on any atom is -0.345 e. The summed E-state index contributed by atoms with van der Waals surface area (Å²) < 4.78 is 0. The van der Waals surface area contributed by atoms with Crippen molar-refractivity contribution in [3.8, 4) is 0 Å². The van der Waals surface area contributed by atoms with Gasteiger partial charge in [0.05, 0.1) is 6.54 Å². The lowest BCUT2D eigenvalue weighted by atomic mass is 10.0. The Kier molecular flexibility index (Phi) is 6.57. The summed E-state index contributed by atoms with van der Waals surface area (Å²) >= 11 is 5.98. The number of halogens is 1. The maximum Gasteiger partial charge on any atom is 0.255 e. The van der Waals surface area contributed by atoms with E-state index in [0.717, 1.165) is 49.5 Å². The fourth-order valence-electron chi connectivity index (χ4n) is 4.93. The molecule has 1 unspecified atom stereocenters. The molecule has 1 saturated carbocycles. The zero-order valence-electron chi connectivity index (χ0n) is 19.1. The van der Waals surface area contributed by atoms with E-state index in [1.54, 1.807) is 11.0 Å². The highest BCUT2D eigenvalue weighted by atomic mass is 35.5. The van der Waals surface area contributed by atoms with Crippen LogP contribution in [0.5, 0.6) is 0 Å². The van der Waals surface area contributed by atoms with Crippen LogP contribution in [0.15, 0.2) is 48.5 Å². The molecule has 34 heavy (non-hydrogen) atoms. The first-order valence-electron chi connectivity index (χ1n) is 11.9. The number of nitrogens with zero attached hydrogens (tertiary/aromatic N) is 3. The van der Waals surface area contributed by atoms with Crippen molar-refractivity contribution in [1.82, 2.24) is 20.0 Å². The molecule has 178 valence electrons. The molecule has 0 radical (unpaired) electrons. The molecule has 2 heterocycles. The summed E-state index contributed by atoms with van der Waals surface area (Å²) in [5, 5.41) is 3.55. The van der Waals surface area contributed by atoms with Gasteiger partial charge >= 0.3 is 0 Å². The quantitative estimate of drug-likeness (QED) is 0.690. The third-order valence-electron chi connectivity index (χ3n) is 6.86. The number of amides is 3. The predicted octanol–water partition coefficient (Wildman–Crippen LogP) is 2.85. The van der Waals surface area contributed by atoms with E-state index in [2.05, 4.69) is 10.2 Å². The van der Waals surface area contributed by atoms with Crippen molar-refractivity contribution >= 4 is 29.3 Å². The molecule has 8 heteroatoms. The van der Waals surface area contributed by atoms with Gasteiger partial charge in [-0.1, -0.05) is 41.9 Å². The molecule has 1 N–H and O–H groups in total. The third-order valence-corrected chi connectivity index (χ3v) is 7.11. The Bertz CT molecular complexity index is 1090. The molecular formula is C26H29ClN4O3. The molecule has 3 aliphatic rings. The highest BCUT2D eigenvalue weighted by Gasteiger charge is 2.47. The maximum absolute atomic E-state index is 13.1. The molecule has 2 aliphatic heterocycles. The molecule has 3 amide bonds. The van der Waals surface area contributed by atoms with Crippen LogP contribution in [0, 0.1) is 0 Å². The Balaban J connectivity index is 1.16. The second kappa shape index (κ2) is 9.76. The zero-order chi connectivity index (χ0) is 23.7. The maximum atomic E-state index is 13.1. The average molecular weight is 481 g/mol. The van der Waals surface area contributed by atoms with E-state index >= 15 is 0 Å². The van der Waals surface area contributed by atoms with Crippen molar-refractivity contribution in [2.75, 3.05) is 32.7 Å². The molecule has 1 atom stereocenters. The van der Waals surface area contributed by atoms with Gasteiger partial charge in [-0.25, -0.2) is 0 Å². The Hall–Kier alpha value is -2.90. The van der Waals surface area contributed by atoms with E-state index in [0.29, 0.717) is 18.7 Å². The molecule has 0 spiro atoms. The van der Waals surface area contributed by atoms with Crippen molar-refractivity contribution in [1.29, 1.82) is 0 Å². The molecule has 2 aromatic rings. The van der Waals surface area contributed by atoms with Gasteiger partial charge in [0.2, 0.25) is 11.8 Å². The van der Waals surface area contributed by atoms with Gasteiger partial charge in [-0.3, -0.25) is 19.3 Å². The zero-order valence-corrected chi connectivity index (χ0v) is 19.8. The Morgan fingerprint density at radius 2 is 1.74 bits per heavy atom. The van der Waals surface area contributed by atoms with Crippen LogP contribution in [0.25, 0.3) is 0 Å². The highest BCUT2D eigenvalue weighted by Crippen LogP contribution is 2.41. The Labute approximate surface area is 204 Å². The third kappa shape index (κ3) is 4.81. The fraction of sp³-hybridized carbons (Fsp3) is 0.423. The number of benzene rings is 2. The molecule has 2 aromatic carbocycles. The number of rotatable bonds is 6. The standard InChI is InChI=1S/C26H29ClN4O3/c27-19-8-6-18(7-9-19)17-29-12-3-13-30(15-14-29)23(32)16-28-25(33)24-21-4-1-2-5-22(21)26(34)31(24)20-10-11-20/h1-2,4-9,20,24H,3,10-17H2,(H,28,33). The number of fused-ring (bicyclic) bond motifs is 1. The summed E-state index contributed by atoms with van der Waals surface area (Å²) in [6, 6.07) is 14.6. The van der Waals surface area contributed by atoms with Gasteiger partial charge in [0, 0.05) is 49.4 Å². The Morgan fingerprint density at radius 3 is 2.50 bits per heavy atom. The normalized spacial score (nSPS) is 20.7. The summed E-state index contributed by atoms with van der Waals surface area (Å²) in [6.07, 6.45) is 2.72. The van der Waals surface area contributed by atoms with Crippen LogP contribution in [0.1, 0.15) is 46.8 Å². The summed E-state index contributed by atoms with van der Waals surface area (Å²) in [4.78, 5) is 44.8. The molecular weight excluding hydrogens is 452 g/mol. The second-order valence-corrected chi connectivity index (χ2v) is 9.72. The molecule has 7 nitrogen and oxygen atoms in total. The minimum absolute atomic E-state index is 0.0542. The largest absolute Gasteiger partial charge is 0.345 e. The van der Waals surface area contributed by atoms with Crippen molar-refractivity contribution in [3.05, 3.63) is 70.2 Å². The van der Waals surface area contributed by atoms with E-state index in [1.807, 2.05) is 47.4 Å². The van der Waals surface area contributed by atoms with Crippen LogP contribution in [-0.4, -0.2) is 71.2 Å². The smallest absolute Gasteiger partial charge is 0.255 e. The van der Waals surface area contributed by atoms with E-state index in [-0.39, 0.29) is 30.3 Å². The topological polar surface area (TPSA) is 73.0 Å². The number of carbonyl (C=O) groups is 3.